The van der Waals surface area contributed by atoms with Crippen molar-refractivity contribution in [3.05, 3.63) is 35.0 Å². The molecule has 1 aliphatic rings. The minimum absolute atomic E-state index is 0.108. The average molecular weight is 430 g/mol. The van der Waals surface area contributed by atoms with Gasteiger partial charge < -0.3 is 14.8 Å². The fourth-order valence-electron chi connectivity index (χ4n) is 3.47. The van der Waals surface area contributed by atoms with Crippen LogP contribution >= 0.6 is 23.1 Å². The van der Waals surface area contributed by atoms with Gasteiger partial charge in [0.25, 0.3) is 0 Å². The Morgan fingerprint density at radius 1 is 1.21 bits per heavy atom. The SMILES string of the molecule is CCOc1ccc(OCC)c(NC(=O)CSc2ncnc3sc4c(c23)CCC4)c1. The molecule has 1 aliphatic carbocycles. The van der Waals surface area contributed by atoms with E-state index in [0.717, 1.165) is 28.1 Å². The highest BCUT2D eigenvalue weighted by atomic mass is 32.2. The van der Waals surface area contributed by atoms with Gasteiger partial charge in [0.15, 0.2) is 0 Å². The maximum absolute atomic E-state index is 12.7. The second-order valence-corrected chi connectivity index (χ2v) is 8.62. The number of fused-ring (bicyclic) bond motifs is 3. The molecule has 0 atom stereocenters. The van der Waals surface area contributed by atoms with Gasteiger partial charge in [-0.15, -0.1) is 11.3 Å². The average Bonchev–Trinajstić information content (AvgIpc) is 3.30. The van der Waals surface area contributed by atoms with Crippen molar-refractivity contribution in [1.29, 1.82) is 0 Å². The fourth-order valence-corrected chi connectivity index (χ4v) is 5.59. The zero-order valence-corrected chi connectivity index (χ0v) is 18.1. The first kappa shape index (κ1) is 20.0. The van der Waals surface area contributed by atoms with E-state index >= 15 is 0 Å². The number of aryl methyl sites for hydroxylation is 2. The molecule has 0 saturated carbocycles. The maximum Gasteiger partial charge on any atom is 0.234 e. The molecule has 29 heavy (non-hydrogen) atoms. The number of amides is 1. The number of benzene rings is 1. The molecule has 152 valence electrons. The molecular formula is C21H23N3O3S2. The molecule has 0 bridgehead atoms. The van der Waals surface area contributed by atoms with Crippen LogP contribution in [0, 0.1) is 0 Å². The van der Waals surface area contributed by atoms with Gasteiger partial charge >= 0.3 is 0 Å². The van der Waals surface area contributed by atoms with Gasteiger partial charge in [0.1, 0.15) is 27.7 Å². The number of rotatable bonds is 8. The van der Waals surface area contributed by atoms with Crippen molar-refractivity contribution in [2.24, 2.45) is 0 Å². The van der Waals surface area contributed by atoms with E-state index in [0.29, 0.717) is 30.4 Å². The van der Waals surface area contributed by atoms with E-state index in [2.05, 4.69) is 15.3 Å². The van der Waals surface area contributed by atoms with Gasteiger partial charge in [0, 0.05) is 16.3 Å². The molecular weight excluding hydrogens is 406 g/mol. The molecule has 0 radical (unpaired) electrons. The Labute approximate surface area is 178 Å². The van der Waals surface area contributed by atoms with Gasteiger partial charge in [0.05, 0.1) is 24.7 Å². The summed E-state index contributed by atoms with van der Waals surface area (Å²) in [6.07, 6.45) is 4.97. The number of anilines is 1. The Morgan fingerprint density at radius 3 is 2.90 bits per heavy atom. The van der Waals surface area contributed by atoms with Crippen LogP contribution in [0.15, 0.2) is 29.6 Å². The molecule has 0 unspecified atom stereocenters. The van der Waals surface area contributed by atoms with Crippen molar-refractivity contribution in [3.8, 4) is 11.5 Å². The normalized spacial score (nSPS) is 12.8. The van der Waals surface area contributed by atoms with Gasteiger partial charge in [0.2, 0.25) is 5.91 Å². The molecule has 2 aromatic heterocycles. The van der Waals surface area contributed by atoms with Crippen LogP contribution in [0.5, 0.6) is 11.5 Å². The lowest BCUT2D eigenvalue weighted by Gasteiger charge is -2.13. The lowest BCUT2D eigenvalue weighted by molar-refractivity contribution is -0.113. The standard InChI is InChI=1S/C21H23N3O3S2/c1-3-26-13-8-9-16(27-4-2)15(10-13)24-18(25)11-28-20-19-14-6-5-7-17(14)29-21(19)23-12-22-20/h8-10,12H,3-7,11H2,1-2H3,(H,24,25). The summed E-state index contributed by atoms with van der Waals surface area (Å²) in [5.41, 5.74) is 1.99. The number of nitrogens with zero attached hydrogens (tertiary/aromatic N) is 2. The molecule has 0 saturated heterocycles. The van der Waals surface area contributed by atoms with Gasteiger partial charge in [-0.2, -0.15) is 0 Å². The van der Waals surface area contributed by atoms with Crippen molar-refractivity contribution in [2.75, 3.05) is 24.3 Å². The first-order chi connectivity index (χ1) is 14.2. The van der Waals surface area contributed by atoms with E-state index in [4.69, 9.17) is 9.47 Å². The summed E-state index contributed by atoms with van der Waals surface area (Å²) < 4.78 is 11.2. The number of hydrogen-bond donors (Lipinski definition) is 1. The van der Waals surface area contributed by atoms with Gasteiger partial charge in [-0.1, -0.05) is 11.8 Å². The van der Waals surface area contributed by atoms with E-state index in [9.17, 15) is 4.79 Å². The molecule has 1 aromatic carbocycles. The van der Waals surface area contributed by atoms with Crippen molar-refractivity contribution in [3.63, 3.8) is 0 Å². The van der Waals surface area contributed by atoms with Crippen LogP contribution < -0.4 is 14.8 Å². The van der Waals surface area contributed by atoms with Crippen LogP contribution in [0.3, 0.4) is 0 Å². The number of thiophene rings is 1. The van der Waals surface area contributed by atoms with E-state index in [1.54, 1.807) is 23.7 Å². The van der Waals surface area contributed by atoms with Crippen LogP contribution in [-0.2, 0) is 17.6 Å². The monoisotopic (exact) mass is 429 g/mol. The van der Waals surface area contributed by atoms with Crippen LogP contribution in [0.1, 0.15) is 30.7 Å². The molecule has 6 nitrogen and oxygen atoms in total. The van der Waals surface area contributed by atoms with Crippen LogP contribution in [0.2, 0.25) is 0 Å². The summed E-state index contributed by atoms with van der Waals surface area (Å²) in [6, 6.07) is 5.46. The molecule has 0 aliphatic heterocycles. The number of carbonyl (C=O) groups is 1. The highest BCUT2D eigenvalue weighted by molar-refractivity contribution is 8.00. The molecule has 0 fully saturated rings. The molecule has 1 amide bonds. The summed E-state index contributed by atoms with van der Waals surface area (Å²) >= 11 is 3.21. The number of thioether (sulfide) groups is 1. The number of nitrogens with one attached hydrogen (secondary N) is 1. The zero-order valence-electron chi connectivity index (χ0n) is 16.5. The highest BCUT2D eigenvalue weighted by Gasteiger charge is 2.21. The summed E-state index contributed by atoms with van der Waals surface area (Å²) in [5, 5.41) is 4.98. The smallest absolute Gasteiger partial charge is 0.234 e. The summed E-state index contributed by atoms with van der Waals surface area (Å²) in [6.45, 7) is 4.92. The molecule has 8 heteroatoms. The summed E-state index contributed by atoms with van der Waals surface area (Å²) in [5.74, 6) is 1.49. The molecule has 3 aromatic rings. The molecule has 2 heterocycles. The Kier molecular flexibility index (Phi) is 6.20. The van der Waals surface area contributed by atoms with E-state index in [1.807, 2.05) is 26.0 Å². The maximum atomic E-state index is 12.7. The fraction of sp³-hybridized carbons (Fsp3) is 0.381. The lowest BCUT2D eigenvalue weighted by atomic mass is 10.2. The third-order valence-electron chi connectivity index (χ3n) is 4.64. The minimum Gasteiger partial charge on any atom is -0.494 e. The van der Waals surface area contributed by atoms with Crippen molar-refractivity contribution < 1.29 is 14.3 Å². The van der Waals surface area contributed by atoms with Crippen molar-refractivity contribution in [2.45, 2.75) is 38.1 Å². The Morgan fingerprint density at radius 2 is 2.07 bits per heavy atom. The predicted octanol–water partition coefficient (Wildman–Crippen LogP) is 4.71. The number of hydrogen-bond acceptors (Lipinski definition) is 7. The molecule has 4 rings (SSSR count). The minimum atomic E-state index is -0.108. The highest BCUT2D eigenvalue weighted by Crippen LogP contribution is 2.40. The number of ether oxygens (including phenoxy) is 2. The Balaban J connectivity index is 1.48. The molecule has 0 spiro atoms. The third kappa shape index (κ3) is 4.33. The van der Waals surface area contributed by atoms with Crippen LogP contribution in [0.4, 0.5) is 5.69 Å². The predicted molar refractivity (Wildman–Crippen MR) is 118 cm³/mol. The van der Waals surface area contributed by atoms with Crippen LogP contribution in [0.25, 0.3) is 10.2 Å². The van der Waals surface area contributed by atoms with E-state index in [-0.39, 0.29) is 11.7 Å². The second-order valence-electron chi connectivity index (χ2n) is 6.58. The second kappa shape index (κ2) is 9.00. The lowest BCUT2D eigenvalue weighted by Crippen LogP contribution is -2.15. The zero-order chi connectivity index (χ0) is 20.2. The quantitative estimate of drug-likeness (QED) is 0.413. The largest absolute Gasteiger partial charge is 0.494 e. The van der Waals surface area contributed by atoms with Gasteiger partial charge in [-0.05, 0) is 50.8 Å². The summed E-state index contributed by atoms with van der Waals surface area (Å²) in [7, 11) is 0. The topological polar surface area (TPSA) is 73.3 Å². The number of carbonyl (C=O) groups excluding carboxylic acids is 1. The van der Waals surface area contributed by atoms with E-state index < -0.39 is 0 Å². The number of aromatic nitrogens is 2. The third-order valence-corrected chi connectivity index (χ3v) is 6.83. The van der Waals surface area contributed by atoms with Gasteiger partial charge in [-0.25, -0.2) is 9.97 Å². The molecule has 1 N–H and O–H groups in total. The summed E-state index contributed by atoms with van der Waals surface area (Å²) in [4.78, 5) is 24.0. The van der Waals surface area contributed by atoms with Crippen LogP contribution in [-0.4, -0.2) is 34.8 Å². The van der Waals surface area contributed by atoms with E-state index in [1.165, 1.54) is 28.6 Å². The first-order valence-corrected chi connectivity index (χ1v) is 11.6. The first-order valence-electron chi connectivity index (χ1n) is 9.77. The van der Waals surface area contributed by atoms with Crippen molar-refractivity contribution >= 4 is 44.9 Å². The van der Waals surface area contributed by atoms with Gasteiger partial charge in [-0.3, -0.25) is 4.79 Å². The Bertz CT molecular complexity index is 1040. The Hall–Kier alpha value is -2.32. The van der Waals surface area contributed by atoms with Crippen molar-refractivity contribution in [1.82, 2.24) is 9.97 Å².